The van der Waals surface area contributed by atoms with Crippen molar-refractivity contribution in [3.05, 3.63) is 23.8 Å². The third-order valence-corrected chi connectivity index (χ3v) is 2.33. The molecule has 0 radical (unpaired) electrons. The molecule has 1 N–H and O–H groups in total. The molecule has 1 unspecified atom stereocenters. The summed E-state index contributed by atoms with van der Waals surface area (Å²) in [7, 11) is 1.63. The van der Waals surface area contributed by atoms with Gasteiger partial charge in [0.25, 0.3) is 0 Å². The fraction of sp³-hybridized carbons (Fsp3) is 0.571. The summed E-state index contributed by atoms with van der Waals surface area (Å²) < 4.78 is 11.0. The van der Waals surface area contributed by atoms with Crippen molar-refractivity contribution in [1.82, 2.24) is 0 Å². The van der Waals surface area contributed by atoms with Crippen molar-refractivity contribution in [3.63, 3.8) is 0 Å². The largest absolute Gasteiger partial charge is 0.493 e. The summed E-state index contributed by atoms with van der Waals surface area (Å²) in [4.78, 5) is 0. The van der Waals surface area contributed by atoms with Crippen LogP contribution in [-0.2, 0) is 6.42 Å². The lowest BCUT2D eigenvalue weighted by atomic mass is 10.1. The highest BCUT2D eigenvalue weighted by atomic mass is 16.5. The SMILES string of the molecule is COc1ccc(CC(C)O)cc1OCC(C)C. The van der Waals surface area contributed by atoms with Crippen molar-refractivity contribution >= 4 is 0 Å². The van der Waals surface area contributed by atoms with Crippen molar-refractivity contribution in [2.75, 3.05) is 13.7 Å². The molecular weight excluding hydrogens is 216 g/mol. The lowest BCUT2D eigenvalue weighted by Gasteiger charge is -2.14. The van der Waals surface area contributed by atoms with Crippen molar-refractivity contribution < 1.29 is 14.6 Å². The molecule has 1 atom stereocenters. The standard InChI is InChI=1S/C14H22O3/c1-10(2)9-17-14-8-12(7-11(3)15)5-6-13(14)16-4/h5-6,8,10-11,15H,7,9H2,1-4H3. The molecule has 0 saturated carbocycles. The predicted octanol–water partition coefficient (Wildman–Crippen LogP) is 2.65. The average molecular weight is 238 g/mol. The molecule has 0 aliphatic rings. The predicted molar refractivity (Wildman–Crippen MR) is 68.7 cm³/mol. The van der Waals surface area contributed by atoms with E-state index < -0.39 is 0 Å². The second kappa shape index (κ2) is 6.50. The van der Waals surface area contributed by atoms with Crippen LogP contribution in [0.5, 0.6) is 11.5 Å². The van der Waals surface area contributed by atoms with E-state index >= 15 is 0 Å². The van der Waals surface area contributed by atoms with Crippen molar-refractivity contribution in [2.24, 2.45) is 5.92 Å². The van der Waals surface area contributed by atoms with Crippen LogP contribution in [0.15, 0.2) is 18.2 Å². The summed E-state index contributed by atoms with van der Waals surface area (Å²) >= 11 is 0. The Morgan fingerprint density at radius 2 is 1.88 bits per heavy atom. The summed E-state index contributed by atoms with van der Waals surface area (Å²) in [6, 6.07) is 5.77. The molecule has 0 aliphatic carbocycles. The Bertz CT molecular complexity index is 345. The van der Waals surface area contributed by atoms with E-state index in [9.17, 15) is 5.11 Å². The number of hydrogen-bond acceptors (Lipinski definition) is 3. The van der Waals surface area contributed by atoms with Gasteiger partial charge < -0.3 is 14.6 Å². The second-order valence-corrected chi connectivity index (χ2v) is 4.74. The van der Waals surface area contributed by atoms with Crippen LogP contribution in [0.2, 0.25) is 0 Å². The van der Waals surface area contributed by atoms with E-state index in [0.717, 1.165) is 17.1 Å². The van der Waals surface area contributed by atoms with Gasteiger partial charge in [0.05, 0.1) is 19.8 Å². The third kappa shape index (κ3) is 4.65. The number of methoxy groups -OCH3 is 1. The van der Waals surface area contributed by atoms with Crippen molar-refractivity contribution in [3.8, 4) is 11.5 Å². The van der Waals surface area contributed by atoms with Crippen LogP contribution in [0.4, 0.5) is 0 Å². The van der Waals surface area contributed by atoms with Gasteiger partial charge in [0.15, 0.2) is 11.5 Å². The third-order valence-electron chi connectivity index (χ3n) is 2.33. The highest BCUT2D eigenvalue weighted by molar-refractivity contribution is 5.43. The van der Waals surface area contributed by atoms with Gasteiger partial charge in [-0.2, -0.15) is 0 Å². The first-order valence-electron chi connectivity index (χ1n) is 6.00. The molecule has 1 aromatic rings. The van der Waals surface area contributed by atoms with Crippen molar-refractivity contribution in [1.29, 1.82) is 0 Å². The van der Waals surface area contributed by atoms with E-state index in [-0.39, 0.29) is 6.10 Å². The molecule has 1 aromatic carbocycles. The molecule has 0 fully saturated rings. The highest BCUT2D eigenvalue weighted by Crippen LogP contribution is 2.28. The molecule has 17 heavy (non-hydrogen) atoms. The summed E-state index contributed by atoms with van der Waals surface area (Å²) in [5.41, 5.74) is 1.06. The number of rotatable bonds is 6. The quantitative estimate of drug-likeness (QED) is 0.828. The zero-order chi connectivity index (χ0) is 12.8. The number of aliphatic hydroxyl groups is 1. The van der Waals surface area contributed by atoms with Crippen LogP contribution in [-0.4, -0.2) is 24.9 Å². The Morgan fingerprint density at radius 1 is 1.18 bits per heavy atom. The topological polar surface area (TPSA) is 38.7 Å². The molecule has 3 nitrogen and oxygen atoms in total. The molecule has 0 saturated heterocycles. The minimum absolute atomic E-state index is 0.346. The molecule has 0 bridgehead atoms. The first-order chi connectivity index (χ1) is 8.02. The van der Waals surface area contributed by atoms with Crippen LogP contribution in [0.1, 0.15) is 26.3 Å². The molecular formula is C14H22O3. The van der Waals surface area contributed by atoms with Gasteiger partial charge in [-0.15, -0.1) is 0 Å². The summed E-state index contributed by atoms with van der Waals surface area (Å²) in [5.74, 6) is 1.96. The van der Waals surface area contributed by atoms with Gasteiger partial charge in [0, 0.05) is 0 Å². The number of aliphatic hydroxyl groups excluding tert-OH is 1. The van der Waals surface area contributed by atoms with Gasteiger partial charge in [-0.25, -0.2) is 0 Å². The summed E-state index contributed by atoms with van der Waals surface area (Å²) in [5, 5.41) is 9.37. The van der Waals surface area contributed by atoms with Crippen LogP contribution in [0, 0.1) is 5.92 Å². The molecule has 1 rings (SSSR count). The van der Waals surface area contributed by atoms with E-state index in [2.05, 4.69) is 13.8 Å². The smallest absolute Gasteiger partial charge is 0.161 e. The van der Waals surface area contributed by atoms with Crippen LogP contribution >= 0.6 is 0 Å². The normalized spacial score (nSPS) is 12.6. The van der Waals surface area contributed by atoms with Gasteiger partial charge >= 0.3 is 0 Å². The van der Waals surface area contributed by atoms with Crippen LogP contribution in [0.3, 0.4) is 0 Å². The zero-order valence-corrected chi connectivity index (χ0v) is 11.1. The van der Waals surface area contributed by atoms with Gasteiger partial charge in [-0.05, 0) is 37.0 Å². The monoisotopic (exact) mass is 238 g/mol. The van der Waals surface area contributed by atoms with Crippen LogP contribution in [0.25, 0.3) is 0 Å². The molecule has 96 valence electrons. The Balaban J connectivity index is 2.82. The lowest BCUT2D eigenvalue weighted by Crippen LogP contribution is -2.07. The number of ether oxygens (including phenoxy) is 2. The second-order valence-electron chi connectivity index (χ2n) is 4.74. The van der Waals surface area contributed by atoms with E-state index in [1.807, 2.05) is 18.2 Å². The first kappa shape index (κ1) is 13.8. The zero-order valence-electron chi connectivity index (χ0n) is 11.1. The van der Waals surface area contributed by atoms with Gasteiger partial charge in [0.2, 0.25) is 0 Å². The molecule has 0 aliphatic heterocycles. The van der Waals surface area contributed by atoms with E-state index in [4.69, 9.17) is 9.47 Å². The molecule has 0 heterocycles. The average Bonchev–Trinajstić information content (AvgIpc) is 2.25. The molecule has 3 heteroatoms. The van der Waals surface area contributed by atoms with Crippen molar-refractivity contribution in [2.45, 2.75) is 33.3 Å². The Morgan fingerprint density at radius 3 is 2.41 bits per heavy atom. The maximum atomic E-state index is 9.37. The van der Waals surface area contributed by atoms with Crippen LogP contribution < -0.4 is 9.47 Å². The Labute approximate surface area is 103 Å². The van der Waals surface area contributed by atoms with Gasteiger partial charge in [-0.1, -0.05) is 19.9 Å². The number of benzene rings is 1. The van der Waals surface area contributed by atoms with E-state index in [1.165, 1.54) is 0 Å². The molecule has 0 amide bonds. The fourth-order valence-electron chi connectivity index (χ4n) is 1.56. The van der Waals surface area contributed by atoms with Gasteiger partial charge in [0.1, 0.15) is 0 Å². The summed E-state index contributed by atoms with van der Waals surface area (Å²) in [6.45, 7) is 6.64. The highest BCUT2D eigenvalue weighted by Gasteiger charge is 2.08. The van der Waals surface area contributed by atoms with E-state index in [0.29, 0.717) is 18.9 Å². The minimum atomic E-state index is -0.346. The first-order valence-corrected chi connectivity index (χ1v) is 6.00. The maximum Gasteiger partial charge on any atom is 0.161 e. The summed E-state index contributed by atoms with van der Waals surface area (Å²) in [6.07, 6.45) is 0.281. The molecule has 0 aromatic heterocycles. The lowest BCUT2D eigenvalue weighted by molar-refractivity contribution is 0.195. The maximum absolute atomic E-state index is 9.37. The Kier molecular flexibility index (Phi) is 5.29. The minimum Gasteiger partial charge on any atom is -0.493 e. The Hall–Kier alpha value is -1.22. The fourth-order valence-corrected chi connectivity index (χ4v) is 1.56. The molecule has 0 spiro atoms. The van der Waals surface area contributed by atoms with E-state index in [1.54, 1.807) is 14.0 Å². The van der Waals surface area contributed by atoms with Gasteiger partial charge in [-0.3, -0.25) is 0 Å². The number of hydrogen-bond donors (Lipinski definition) is 1.